The van der Waals surface area contributed by atoms with E-state index in [-0.39, 0.29) is 5.91 Å². The van der Waals surface area contributed by atoms with Crippen LogP contribution in [0.2, 0.25) is 0 Å². The van der Waals surface area contributed by atoms with Crippen molar-refractivity contribution in [3.63, 3.8) is 0 Å². The molecule has 1 aliphatic rings. The number of nitrogens with one attached hydrogen (secondary N) is 1. The lowest BCUT2D eigenvalue weighted by atomic mass is 9.86. The molecule has 2 aromatic heterocycles. The Bertz CT molecular complexity index is 690. The van der Waals surface area contributed by atoms with Crippen molar-refractivity contribution in [1.82, 2.24) is 19.9 Å². The molecule has 2 aromatic rings. The fourth-order valence-corrected chi connectivity index (χ4v) is 4.33. The molecule has 5 nitrogen and oxygen atoms in total. The van der Waals surface area contributed by atoms with Crippen LogP contribution in [0.5, 0.6) is 0 Å². The third-order valence-corrected chi connectivity index (χ3v) is 5.92. The van der Waals surface area contributed by atoms with Crippen LogP contribution in [0, 0.1) is 0 Å². The number of carbonyl (C=O) groups is 1. The van der Waals surface area contributed by atoms with Crippen LogP contribution < -0.4 is 0 Å². The zero-order chi connectivity index (χ0) is 17.3. The van der Waals surface area contributed by atoms with E-state index in [2.05, 4.69) is 29.2 Å². The molecule has 0 bridgehead atoms. The average molecular weight is 346 g/mol. The van der Waals surface area contributed by atoms with Crippen molar-refractivity contribution >= 4 is 17.2 Å². The lowest BCUT2D eigenvalue weighted by Crippen LogP contribution is -2.47. The van der Waals surface area contributed by atoms with E-state index in [1.165, 1.54) is 5.01 Å². The van der Waals surface area contributed by atoms with Gasteiger partial charge in [-0.25, -0.2) is 9.97 Å². The third-order valence-electron chi connectivity index (χ3n) is 4.90. The normalized spacial score (nSPS) is 19.0. The summed E-state index contributed by atoms with van der Waals surface area (Å²) < 4.78 is 0. The highest BCUT2D eigenvalue weighted by Crippen LogP contribution is 2.33. The van der Waals surface area contributed by atoms with Gasteiger partial charge in [-0.15, -0.1) is 11.3 Å². The van der Waals surface area contributed by atoms with Crippen LogP contribution in [-0.2, 0) is 10.2 Å². The lowest BCUT2D eigenvalue weighted by Gasteiger charge is -2.36. The second kappa shape index (κ2) is 6.67. The van der Waals surface area contributed by atoms with Gasteiger partial charge in [-0.2, -0.15) is 0 Å². The van der Waals surface area contributed by atoms with Crippen molar-refractivity contribution in [3.05, 3.63) is 34.3 Å². The Balaban J connectivity index is 1.74. The Morgan fingerprint density at radius 2 is 2.25 bits per heavy atom. The molecule has 6 heteroatoms. The van der Waals surface area contributed by atoms with Crippen LogP contribution in [-0.4, -0.2) is 38.8 Å². The number of hydrogen-bond donors (Lipinski definition) is 1. The first-order chi connectivity index (χ1) is 11.4. The summed E-state index contributed by atoms with van der Waals surface area (Å²) in [6.07, 6.45) is 5.52. The lowest BCUT2D eigenvalue weighted by molar-refractivity contribution is -0.137. The van der Waals surface area contributed by atoms with E-state index in [0.717, 1.165) is 37.3 Å². The highest BCUT2D eigenvalue weighted by atomic mass is 32.1. The van der Waals surface area contributed by atoms with Crippen molar-refractivity contribution < 1.29 is 4.79 Å². The van der Waals surface area contributed by atoms with Gasteiger partial charge in [0.05, 0.1) is 22.4 Å². The molecular weight excluding hydrogens is 320 g/mol. The topological polar surface area (TPSA) is 61.9 Å². The molecule has 130 valence electrons. The average Bonchev–Trinajstić information content (AvgIpc) is 3.25. The summed E-state index contributed by atoms with van der Waals surface area (Å²) in [4.78, 5) is 27.0. The van der Waals surface area contributed by atoms with Crippen molar-refractivity contribution in [3.8, 4) is 0 Å². The summed E-state index contributed by atoms with van der Waals surface area (Å²) >= 11 is 1.74. The molecule has 1 atom stereocenters. The Morgan fingerprint density at radius 1 is 1.46 bits per heavy atom. The minimum atomic E-state index is -0.579. The van der Waals surface area contributed by atoms with Crippen molar-refractivity contribution in [2.45, 2.75) is 57.8 Å². The molecule has 1 aliphatic heterocycles. The molecule has 0 saturated carbocycles. The molecule has 0 radical (unpaired) electrons. The minimum absolute atomic E-state index is 0.164. The highest BCUT2D eigenvalue weighted by molar-refractivity contribution is 7.09. The molecule has 0 aliphatic carbocycles. The molecule has 1 N–H and O–H groups in total. The zero-order valence-electron chi connectivity index (χ0n) is 14.9. The highest BCUT2D eigenvalue weighted by Gasteiger charge is 2.37. The van der Waals surface area contributed by atoms with Crippen LogP contribution in [0.1, 0.15) is 68.8 Å². The zero-order valence-corrected chi connectivity index (χ0v) is 15.7. The first-order valence-electron chi connectivity index (χ1n) is 8.63. The maximum Gasteiger partial charge on any atom is 0.234 e. The van der Waals surface area contributed by atoms with Gasteiger partial charge in [-0.3, -0.25) is 4.79 Å². The van der Waals surface area contributed by atoms with Crippen LogP contribution >= 0.6 is 11.3 Å². The van der Waals surface area contributed by atoms with E-state index >= 15 is 0 Å². The Kier molecular flexibility index (Phi) is 4.76. The molecule has 1 fully saturated rings. The summed E-state index contributed by atoms with van der Waals surface area (Å²) in [6.45, 7) is 9.86. The molecule has 0 spiro atoms. The number of aromatic nitrogens is 3. The number of nitrogens with zero attached hydrogens (tertiary/aromatic N) is 3. The van der Waals surface area contributed by atoms with E-state index in [0.29, 0.717) is 11.8 Å². The van der Waals surface area contributed by atoms with Gasteiger partial charge in [0.15, 0.2) is 0 Å². The van der Waals surface area contributed by atoms with E-state index in [1.807, 2.05) is 18.7 Å². The van der Waals surface area contributed by atoms with E-state index in [1.54, 1.807) is 23.9 Å². The number of likely N-dealkylation sites (tertiary alicyclic amines) is 1. The number of rotatable bonds is 4. The van der Waals surface area contributed by atoms with Gasteiger partial charge in [0.1, 0.15) is 0 Å². The predicted octanol–water partition coefficient (Wildman–Crippen LogP) is 3.67. The first-order valence-corrected chi connectivity index (χ1v) is 9.51. The van der Waals surface area contributed by atoms with Gasteiger partial charge in [-0.05, 0) is 32.6 Å². The largest absolute Gasteiger partial charge is 0.348 e. The molecule has 0 unspecified atom stereocenters. The summed E-state index contributed by atoms with van der Waals surface area (Å²) in [7, 11) is 0. The maximum atomic E-state index is 13.1. The molecular formula is C18H26N4OS. The SMILES string of the molecule is CC(C)c1csc([C@H]2CCCN(C(=O)C(C)(C)c3cnc[nH]3)C2)n1. The fourth-order valence-electron chi connectivity index (χ4n) is 3.22. The molecule has 0 aromatic carbocycles. The summed E-state index contributed by atoms with van der Waals surface area (Å²) in [5.74, 6) is 0.977. The van der Waals surface area contributed by atoms with Crippen molar-refractivity contribution in [1.29, 1.82) is 0 Å². The minimum Gasteiger partial charge on any atom is -0.348 e. The molecule has 3 heterocycles. The number of hydrogen-bond acceptors (Lipinski definition) is 4. The van der Waals surface area contributed by atoms with Crippen LogP contribution in [0.25, 0.3) is 0 Å². The summed E-state index contributed by atoms with van der Waals surface area (Å²) in [5.41, 5.74) is 1.45. The third kappa shape index (κ3) is 3.24. The van der Waals surface area contributed by atoms with E-state index < -0.39 is 5.41 Å². The smallest absolute Gasteiger partial charge is 0.234 e. The van der Waals surface area contributed by atoms with Gasteiger partial charge >= 0.3 is 0 Å². The van der Waals surface area contributed by atoms with Gasteiger partial charge < -0.3 is 9.88 Å². The number of imidazole rings is 1. The number of aromatic amines is 1. The van der Waals surface area contributed by atoms with Gasteiger partial charge in [0.25, 0.3) is 0 Å². The summed E-state index contributed by atoms with van der Waals surface area (Å²) in [6, 6.07) is 0. The number of amides is 1. The van der Waals surface area contributed by atoms with Gasteiger partial charge in [0, 0.05) is 36.3 Å². The predicted molar refractivity (Wildman–Crippen MR) is 96.4 cm³/mol. The Labute approximate surface area is 147 Å². The maximum absolute atomic E-state index is 13.1. The number of thiazole rings is 1. The monoisotopic (exact) mass is 346 g/mol. The Hall–Kier alpha value is -1.69. The molecule has 1 amide bonds. The van der Waals surface area contributed by atoms with Crippen molar-refractivity contribution in [2.75, 3.05) is 13.1 Å². The van der Waals surface area contributed by atoms with Crippen LogP contribution in [0.15, 0.2) is 17.9 Å². The van der Waals surface area contributed by atoms with E-state index in [9.17, 15) is 4.79 Å². The van der Waals surface area contributed by atoms with Crippen LogP contribution in [0.3, 0.4) is 0 Å². The van der Waals surface area contributed by atoms with Crippen LogP contribution in [0.4, 0.5) is 0 Å². The molecule has 1 saturated heterocycles. The molecule has 24 heavy (non-hydrogen) atoms. The second-order valence-electron chi connectivity index (χ2n) is 7.45. The van der Waals surface area contributed by atoms with Gasteiger partial charge in [-0.1, -0.05) is 13.8 Å². The number of carbonyl (C=O) groups excluding carboxylic acids is 1. The number of H-pyrrole nitrogens is 1. The first kappa shape index (κ1) is 17.1. The number of piperidine rings is 1. The Morgan fingerprint density at radius 3 is 2.88 bits per heavy atom. The fraction of sp³-hybridized carbons (Fsp3) is 0.611. The quantitative estimate of drug-likeness (QED) is 0.919. The molecule has 3 rings (SSSR count). The summed E-state index contributed by atoms with van der Waals surface area (Å²) in [5, 5.41) is 3.34. The van der Waals surface area contributed by atoms with E-state index in [4.69, 9.17) is 4.98 Å². The second-order valence-corrected chi connectivity index (χ2v) is 8.34. The van der Waals surface area contributed by atoms with Crippen molar-refractivity contribution in [2.24, 2.45) is 0 Å². The van der Waals surface area contributed by atoms with Gasteiger partial charge in [0.2, 0.25) is 5.91 Å². The standard InChI is InChI=1S/C18H26N4OS/c1-12(2)14-10-24-16(21-14)13-6-5-7-22(9-13)17(23)18(3,4)15-8-19-11-20-15/h8,10-13H,5-7,9H2,1-4H3,(H,19,20)/t13-/m0/s1.